The van der Waals surface area contributed by atoms with Crippen LogP contribution in [-0.4, -0.2) is 81.6 Å². The van der Waals surface area contributed by atoms with Gasteiger partial charge in [-0.3, -0.25) is 24.7 Å². The molecule has 0 saturated heterocycles. The highest BCUT2D eigenvalue weighted by molar-refractivity contribution is 6.02. The summed E-state index contributed by atoms with van der Waals surface area (Å²) < 4.78 is 0. The predicted molar refractivity (Wildman–Crippen MR) is 173 cm³/mol. The molecule has 250 valence electrons. The summed E-state index contributed by atoms with van der Waals surface area (Å²) in [6.45, 7) is 11.1. The van der Waals surface area contributed by atoms with Gasteiger partial charge in [0.25, 0.3) is 11.8 Å². The molecule has 2 heterocycles. The van der Waals surface area contributed by atoms with Gasteiger partial charge in [0.15, 0.2) is 0 Å². The molecule has 7 amide bonds. The summed E-state index contributed by atoms with van der Waals surface area (Å²) in [5, 5.41) is 23.4. The van der Waals surface area contributed by atoms with E-state index in [1.807, 2.05) is 32.9 Å². The van der Waals surface area contributed by atoms with Gasteiger partial charge in [-0.05, 0) is 80.5 Å². The lowest BCUT2D eigenvalue weighted by atomic mass is 9.97. The Morgan fingerprint density at radius 2 is 1.63 bits per heavy atom. The van der Waals surface area contributed by atoms with E-state index in [4.69, 9.17) is 0 Å². The van der Waals surface area contributed by atoms with Crippen LogP contribution >= 0.6 is 0 Å². The van der Waals surface area contributed by atoms with Gasteiger partial charge < -0.3 is 31.3 Å². The average molecular weight is 638 g/mol. The molecule has 0 unspecified atom stereocenters. The van der Waals surface area contributed by atoms with Gasteiger partial charge in [0, 0.05) is 37.1 Å². The van der Waals surface area contributed by atoms with Crippen LogP contribution in [0.15, 0.2) is 42.7 Å². The molecular weight excluding hydrogens is 590 g/mol. The SMILES string of the molecule is CCCCN1C(=O)NCc2cc(ccc2-c2ccncc2)C(=O)N[C@@H](CC(C)C)C(=O)NC(=O)N[C@@H]([C@@H](C)O)C(=O)N[C@H](C)[C@H]1C. The molecule has 13 nitrogen and oxygen atoms in total. The van der Waals surface area contributed by atoms with Gasteiger partial charge >= 0.3 is 12.1 Å². The van der Waals surface area contributed by atoms with Crippen molar-refractivity contribution in [1.82, 2.24) is 36.5 Å². The molecule has 1 aromatic heterocycles. The Bertz CT molecular complexity index is 1380. The third kappa shape index (κ3) is 9.74. The van der Waals surface area contributed by atoms with Crippen molar-refractivity contribution >= 4 is 29.8 Å². The van der Waals surface area contributed by atoms with E-state index in [2.05, 4.69) is 31.6 Å². The Kier molecular flexibility index (Phi) is 13.0. The average Bonchev–Trinajstić information content (AvgIpc) is 3.01. The number of aliphatic hydroxyl groups excluding tert-OH is 1. The number of carbonyl (C=O) groups excluding carboxylic acids is 5. The first-order chi connectivity index (χ1) is 21.8. The van der Waals surface area contributed by atoms with E-state index in [0.717, 1.165) is 24.0 Å². The van der Waals surface area contributed by atoms with Gasteiger partial charge in [-0.1, -0.05) is 33.3 Å². The topological polar surface area (TPSA) is 182 Å². The second kappa shape index (κ2) is 16.7. The molecular formula is C33H47N7O6. The van der Waals surface area contributed by atoms with Crippen molar-refractivity contribution in [2.75, 3.05) is 6.54 Å². The van der Waals surface area contributed by atoms with Gasteiger partial charge in [-0.15, -0.1) is 0 Å². The third-order valence-electron chi connectivity index (χ3n) is 8.00. The van der Waals surface area contributed by atoms with Crippen molar-refractivity contribution in [3.05, 3.63) is 53.9 Å². The Morgan fingerprint density at radius 1 is 0.935 bits per heavy atom. The van der Waals surface area contributed by atoms with Gasteiger partial charge in [-0.25, -0.2) is 9.59 Å². The molecule has 3 rings (SSSR count). The fourth-order valence-corrected chi connectivity index (χ4v) is 5.22. The van der Waals surface area contributed by atoms with Crippen molar-refractivity contribution in [2.24, 2.45) is 5.92 Å². The minimum Gasteiger partial charge on any atom is -0.391 e. The van der Waals surface area contributed by atoms with Gasteiger partial charge in [0.05, 0.1) is 12.1 Å². The van der Waals surface area contributed by atoms with Crippen LogP contribution in [-0.2, 0) is 16.1 Å². The number of carbonyl (C=O) groups is 5. The summed E-state index contributed by atoms with van der Waals surface area (Å²) in [4.78, 5) is 72.2. The Labute approximate surface area is 270 Å². The highest BCUT2D eigenvalue weighted by Gasteiger charge is 2.32. The fraction of sp³-hybridized carbons (Fsp3) is 0.515. The molecule has 0 radical (unpaired) electrons. The molecule has 46 heavy (non-hydrogen) atoms. The van der Waals surface area contributed by atoms with Gasteiger partial charge in [-0.2, -0.15) is 0 Å². The maximum Gasteiger partial charge on any atom is 0.322 e. The van der Waals surface area contributed by atoms with Crippen molar-refractivity contribution in [3.63, 3.8) is 0 Å². The first-order valence-corrected chi connectivity index (χ1v) is 15.8. The van der Waals surface area contributed by atoms with E-state index in [-0.39, 0.29) is 30.5 Å². The smallest absolute Gasteiger partial charge is 0.322 e. The molecule has 13 heteroatoms. The van der Waals surface area contributed by atoms with Crippen LogP contribution in [0.25, 0.3) is 11.1 Å². The number of benzene rings is 1. The molecule has 0 spiro atoms. The number of imide groups is 1. The lowest BCUT2D eigenvalue weighted by Crippen LogP contribution is -2.60. The molecule has 0 fully saturated rings. The molecule has 2 aromatic rings. The number of urea groups is 2. The predicted octanol–water partition coefficient (Wildman–Crippen LogP) is 2.69. The fourth-order valence-electron chi connectivity index (χ4n) is 5.22. The van der Waals surface area contributed by atoms with E-state index in [0.29, 0.717) is 12.1 Å². The summed E-state index contributed by atoms with van der Waals surface area (Å²) in [5.74, 6) is -2.01. The summed E-state index contributed by atoms with van der Waals surface area (Å²) in [6, 6.07) is 3.88. The van der Waals surface area contributed by atoms with Crippen LogP contribution in [0.2, 0.25) is 0 Å². The normalized spacial score (nSPS) is 22.8. The maximum absolute atomic E-state index is 13.7. The largest absolute Gasteiger partial charge is 0.391 e. The number of aromatic nitrogens is 1. The third-order valence-corrected chi connectivity index (χ3v) is 8.00. The number of hydrogen-bond acceptors (Lipinski definition) is 7. The Balaban J connectivity index is 2.07. The highest BCUT2D eigenvalue weighted by atomic mass is 16.3. The molecule has 0 aliphatic carbocycles. The zero-order valence-electron chi connectivity index (χ0n) is 27.4. The van der Waals surface area contributed by atoms with E-state index in [1.165, 1.54) is 6.92 Å². The Morgan fingerprint density at radius 3 is 2.26 bits per heavy atom. The van der Waals surface area contributed by atoms with Crippen LogP contribution in [0.1, 0.15) is 76.7 Å². The van der Waals surface area contributed by atoms with E-state index in [9.17, 15) is 29.1 Å². The van der Waals surface area contributed by atoms with Gasteiger partial charge in [0.2, 0.25) is 5.91 Å². The van der Waals surface area contributed by atoms with Crippen LogP contribution < -0.4 is 26.6 Å². The number of aliphatic hydroxyl groups is 1. The molecule has 0 saturated carbocycles. The lowest BCUT2D eigenvalue weighted by molar-refractivity contribution is -0.126. The van der Waals surface area contributed by atoms with E-state index >= 15 is 0 Å². The molecule has 5 atom stereocenters. The number of rotatable bonds is 7. The van der Waals surface area contributed by atoms with Crippen LogP contribution in [0.3, 0.4) is 0 Å². The number of fused-ring (bicyclic) bond motifs is 2. The second-order valence-electron chi connectivity index (χ2n) is 12.2. The minimum atomic E-state index is -1.39. The van der Waals surface area contributed by atoms with E-state index < -0.39 is 54.0 Å². The Hall–Kier alpha value is -4.52. The van der Waals surface area contributed by atoms with Crippen LogP contribution in [0.5, 0.6) is 0 Å². The molecule has 1 aromatic carbocycles. The number of nitrogens with one attached hydrogen (secondary N) is 5. The van der Waals surface area contributed by atoms with Crippen molar-refractivity contribution < 1.29 is 29.1 Å². The summed E-state index contributed by atoms with van der Waals surface area (Å²) in [7, 11) is 0. The van der Waals surface area contributed by atoms with Crippen LogP contribution in [0.4, 0.5) is 9.59 Å². The monoisotopic (exact) mass is 637 g/mol. The first kappa shape index (κ1) is 36.0. The second-order valence-corrected chi connectivity index (χ2v) is 12.2. The van der Waals surface area contributed by atoms with E-state index in [1.54, 1.807) is 49.3 Å². The maximum atomic E-state index is 13.7. The minimum absolute atomic E-state index is 0.0179. The van der Waals surface area contributed by atoms with Crippen molar-refractivity contribution in [1.29, 1.82) is 0 Å². The number of unbranched alkanes of at least 4 members (excludes halogenated alkanes) is 1. The summed E-state index contributed by atoms with van der Waals surface area (Å²) in [6.07, 6.45) is 3.79. The summed E-state index contributed by atoms with van der Waals surface area (Å²) >= 11 is 0. The molecule has 1 aliphatic heterocycles. The first-order valence-electron chi connectivity index (χ1n) is 15.8. The zero-order valence-corrected chi connectivity index (χ0v) is 27.4. The number of hydrogen-bond donors (Lipinski definition) is 6. The van der Waals surface area contributed by atoms with Gasteiger partial charge in [0.1, 0.15) is 12.1 Å². The number of amides is 7. The lowest BCUT2D eigenvalue weighted by Gasteiger charge is -2.34. The molecule has 1 aliphatic rings. The highest BCUT2D eigenvalue weighted by Crippen LogP contribution is 2.25. The van der Waals surface area contributed by atoms with Crippen molar-refractivity contribution in [2.45, 2.75) is 97.6 Å². The number of pyridine rings is 1. The molecule has 6 N–H and O–H groups in total. The summed E-state index contributed by atoms with van der Waals surface area (Å²) in [5.41, 5.74) is 2.56. The molecule has 2 bridgehead atoms. The van der Waals surface area contributed by atoms with Crippen LogP contribution in [0, 0.1) is 5.92 Å². The number of nitrogens with zero attached hydrogens (tertiary/aromatic N) is 2. The van der Waals surface area contributed by atoms with Crippen molar-refractivity contribution in [3.8, 4) is 11.1 Å². The standard InChI is InChI=1S/C33H47N7O6/c1-7-8-15-40-21(5)20(4)36-31(44)28(22(6)41)38-32(45)39-30(43)27(16-19(2)3)37-29(42)24-9-10-26(23-11-13-34-14-12-23)25(17-24)18-35-33(40)46/h9-14,17,19-22,27-28,41H,7-8,15-16,18H2,1-6H3,(H,35,46)(H,36,44)(H,37,42)(H2,38,39,43,45)/t20-,21-,22-,27+,28+/m1/s1. The quantitative estimate of drug-likeness (QED) is 0.270. The zero-order chi connectivity index (χ0) is 34.0.